The van der Waals surface area contributed by atoms with E-state index >= 15 is 0 Å². The Bertz CT molecular complexity index is 1340. The highest BCUT2D eigenvalue weighted by Crippen LogP contribution is 2.42. The molecular formula is C29H28N2O6. The van der Waals surface area contributed by atoms with E-state index < -0.39 is 17.7 Å². The van der Waals surface area contributed by atoms with Crippen molar-refractivity contribution >= 4 is 17.4 Å². The van der Waals surface area contributed by atoms with Gasteiger partial charge < -0.3 is 24.2 Å². The van der Waals surface area contributed by atoms with Gasteiger partial charge in [-0.2, -0.15) is 0 Å². The van der Waals surface area contributed by atoms with Gasteiger partial charge in [-0.15, -0.1) is 0 Å². The van der Waals surface area contributed by atoms with E-state index in [0.29, 0.717) is 48.2 Å². The van der Waals surface area contributed by atoms with E-state index in [4.69, 9.17) is 14.2 Å². The van der Waals surface area contributed by atoms with Gasteiger partial charge in [0.2, 0.25) is 0 Å². The van der Waals surface area contributed by atoms with Gasteiger partial charge in [-0.25, -0.2) is 0 Å². The quantitative estimate of drug-likeness (QED) is 0.208. The predicted molar refractivity (Wildman–Crippen MR) is 136 cm³/mol. The second-order valence-corrected chi connectivity index (χ2v) is 8.92. The Morgan fingerprint density at radius 3 is 2.70 bits per heavy atom. The number of carbonyl (C=O) groups excluding carboxylic acids is 2. The van der Waals surface area contributed by atoms with Crippen molar-refractivity contribution in [3.05, 3.63) is 89.3 Å². The van der Waals surface area contributed by atoms with Crippen molar-refractivity contribution in [2.24, 2.45) is 0 Å². The van der Waals surface area contributed by atoms with Crippen molar-refractivity contribution in [3.8, 4) is 17.2 Å². The molecule has 2 aliphatic heterocycles. The molecule has 1 atom stereocenters. The summed E-state index contributed by atoms with van der Waals surface area (Å²) in [5, 5.41) is 11.4. The molecular weight excluding hydrogens is 472 g/mol. The van der Waals surface area contributed by atoms with Crippen LogP contribution in [0.25, 0.3) is 5.76 Å². The van der Waals surface area contributed by atoms with Crippen molar-refractivity contribution in [1.82, 2.24) is 9.88 Å². The minimum atomic E-state index is -0.817. The minimum absolute atomic E-state index is 0.0104. The fraction of sp³-hybridized carbons (Fsp3) is 0.276. The molecule has 0 spiro atoms. The number of amides is 1. The molecule has 0 bridgehead atoms. The summed E-state index contributed by atoms with van der Waals surface area (Å²) in [6, 6.07) is 15.1. The first kappa shape index (κ1) is 24.4. The summed E-state index contributed by atoms with van der Waals surface area (Å²) in [5.41, 5.74) is 1.81. The lowest BCUT2D eigenvalue weighted by Gasteiger charge is -2.26. The molecule has 0 radical (unpaired) electrons. The number of ketones is 1. The van der Waals surface area contributed by atoms with Crippen LogP contribution in [0.4, 0.5) is 0 Å². The van der Waals surface area contributed by atoms with Gasteiger partial charge in [-0.1, -0.05) is 31.5 Å². The molecule has 1 N–H and O–H groups in total. The van der Waals surface area contributed by atoms with Gasteiger partial charge in [0.1, 0.15) is 24.7 Å². The number of unbranched alkanes of at least 4 members (excludes halogenated alkanes) is 1. The summed E-state index contributed by atoms with van der Waals surface area (Å²) in [7, 11) is 0. The number of likely N-dealkylation sites (tertiary alicyclic amines) is 1. The van der Waals surface area contributed by atoms with Gasteiger partial charge >= 0.3 is 0 Å². The molecule has 1 fully saturated rings. The second kappa shape index (κ2) is 10.7. The van der Waals surface area contributed by atoms with Crippen molar-refractivity contribution in [3.63, 3.8) is 0 Å². The molecule has 0 aliphatic carbocycles. The number of aliphatic hydroxyl groups excluding tert-OH is 1. The first-order valence-electron chi connectivity index (χ1n) is 12.4. The van der Waals surface area contributed by atoms with Gasteiger partial charge in [-0.05, 0) is 53.9 Å². The predicted octanol–water partition coefficient (Wildman–Crippen LogP) is 4.65. The number of aromatic nitrogens is 1. The largest absolute Gasteiger partial charge is 0.507 e. The lowest BCUT2D eigenvalue weighted by atomic mass is 9.95. The molecule has 1 aromatic heterocycles. The maximum atomic E-state index is 13.4. The standard InChI is InChI=1S/C29H28N2O6/c1-2-3-12-35-22-8-4-7-20(15-22)26-25(27(32)21-9-10-23-24(16-21)37-14-13-36-23)28(33)29(34)31(26)18-19-6-5-11-30-17-19/h4-11,15-17,26,32H,2-3,12-14,18H2,1H3/t26-/m1/s1. The fourth-order valence-corrected chi connectivity index (χ4v) is 4.53. The Morgan fingerprint density at radius 2 is 1.92 bits per heavy atom. The number of aliphatic hydroxyl groups is 1. The molecule has 5 rings (SSSR count). The SMILES string of the molecule is CCCCOc1cccc([C@@H]2C(=C(O)c3ccc4c(c3)OCCO4)C(=O)C(=O)N2Cc2cccnc2)c1. The zero-order chi connectivity index (χ0) is 25.8. The van der Waals surface area contributed by atoms with Crippen LogP contribution in [-0.2, 0) is 16.1 Å². The molecule has 8 nitrogen and oxygen atoms in total. The molecule has 0 unspecified atom stereocenters. The molecule has 1 amide bonds. The molecule has 190 valence electrons. The highest BCUT2D eigenvalue weighted by Gasteiger charge is 2.46. The zero-order valence-electron chi connectivity index (χ0n) is 20.6. The van der Waals surface area contributed by atoms with Crippen molar-refractivity contribution in [1.29, 1.82) is 0 Å². The van der Waals surface area contributed by atoms with Gasteiger partial charge in [0, 0.05) is 24.5 Å². The summed E-state index contributed by atoms with van der Waals surface area (Å²) in [5.74, 6) is -0.0385. The molecule has 1 saturated heterocycles. The van der Waals surface area contributed by atoms with Crippen molar-refractivity contribution < 1.29 is 28.9 Å². The number of hydrogen-bond acceptors (Lipinski definition) is 7. The highest BCUT2D eigenvalue weighted by atomic mass is 16.6. The molecule has 2 aliphatic rings. The Morgan fingerprint density at radius 1 is 1.08 bits per heavy atom. The number of hydrogen-bond donors (Lipinski definition) is 1. The van der Waals surface area contributed by atoms with Crippen LogP contribution in [0.5, 0.6) is 17.2 Å². The number of Topliss-reactive ketones (excluding diaryl/α,β-unsaturated/α-hetero) is 1. The van der Waals surface area contributed by atoms with Crippen LogP contribution in [0.15, 0.2) is 72.6 Å². The summed E-state index contributed by atoms with van der Waals surface area (Å²) < 4.78 is 17.1. The molecule has 3 aromatic rings. The van der Waals surface area contributed by atoms with Crippen molar-refractivity contribution in [2.75, 3.05) is 19.8 Å². The lowest BCUT2D eigenvalue weighted by molar-refractivity contribution is -0.140. The van der Waals surface area contributed by atoms with E-state index in [1.54, 1.807) is 36.7 Å². The van der Waals surface area contributed by atoms with E-state index in [9.17, 15) is 14.7 Å². The maximum Gasteiger partial charge on any atom is 0.295 e. The number of nitrogens with zero attached hydrogens (tertiary/aromatic N) is 2. The minimum Gasteiger partial charge on any atom is -0.507 e. The first-order chi connectivity index (χ1) is 18.1. The van der Waals surface area contributed by atoms with Gasteiger partial charge in [-0.3, -0.25) is 14.6 Å². The summed E-state index contributed by atoms with van der Waals surface area (Å²) in [4.78, 5) is 32.3. The van der Waals surface area contributed by atoms with E-state index in [1.165, 1.54) is 4.90 Å². The number of rotatable bonds is 8. The molecule has 8 heteroatoms. The Labute approximate surface area is 215 Å². The van der Waals surface area contributed by atoms with Crippen LogP contribution in [0.2, 0.25) is 0 Å². The van der Waals surface area contributed by atoms with Crippen LogP contribution in [-0.4, -0.2) is 46.5 Å². The fourth-order valence-electron chi connectivity index (χ4n) is 4.53. The van der Waals surface area contributed by atoms with Crippen molar-refractivity contribution in [2.45, 2.75) is 32.4 Å². The van der Waals surface area contributed by atoms with E-state index in [-0.39, 0.29) is 17.9 Å². The maximum absolute atomic E-state index is 13.4. The van der Waals surface area contributed by atoms with E-state index in [1.807, 2.05) is 30.3 Å². The third kappa shape index (κ3) is 5.00. The normalized spacial score (nSPS) is 18.2. The lowest BCUT2D eigenvalue weighted by Crippen LogP contribution is -2.29. The molecule has 3 heterocycles. The summed E-state index contributed by atoms with van der Waals surface area (Å²) in [6.07, 6.45) is 5.21. The summed E-state index contributed by atoms with van der Waals surface area (Å²) in [6.45, 7) is 3.63. The van der Waals surface area contributed by atoms with Gasteiger partial charge in [0.05, 0.1) is 18.2 Å². The van der Waals surface area contributed by atoms with Crippen LogP contribution in [0.3, 0.4) is 0 Å². The smallest absolute Gasteiger partial charge is 0.295 e. The zero-order valence-corrected chi connectivity index (χ0v) is 20.6. The highest BCUT2D eigenvalue weighted by molar-refractivity contribution is 6.46. The van der Waals surface area contributed by atoms with Crippen LogP contribution in [0.1, 0.15) is 42.5 Å². The number of fused-ring (bicyclic) bond motifs is 1. The Kier molecular flexibility index (Phi) is 7.07. The van der Waals surface area contributed by atoms with Gasteiger partial charge in [0.15, 0.2) is 11.5 Å². The molecule has 0 saturated carbocycles. The van der Waals surface area contributed by atoms with Crippen LogP contribution in [0, 0.1) is 0 Å². The number of carbonyl (C=O) groups is 2. The molecule has 37 heavy (non-hydrogen) atoms. The topological polar surface area (TPSA) is 98.2 Å². The monoisotopic (exact) mass is 500 g/mol. The average molecular weight is 501 g/mol. The van der Waals surface area contributed by atoms with Crippen LogP contribution >= 0.6 is 0 Å². The number of benzene rings is 2. The average Bonchev–Trinajstić information content (AvgIpc) is 3.18. The molecule has 2 aromatic carbocycles. The number of ether oxygens (including phenoxy) is 3. The van der Waals surface area contributed by atoms with Gasteiger partial charge in [0.25, 0.3) is 11.7 Å². The summed E-state index contributed by atoms with van der Waals surface area (Å²) >= 11 is 0. The van der Waals surface area contributed by atoms with E-state index in [2.05, 4.69) is 11.9 Å². The van der Waals surface area contributed by atoms with Crippen LogP contribution < -0.4 is 14.2 Å². The Balaban J connectivity index is 1.59. The third-order valence-electron chi connectivity index (χ3n) is 6.37. The van der Waals surface area contributed by atoms with E-state index in [0.717, 1.165) is 18.4 Å². The second-order valence-electron chi connectivity index (χ2n) is 8.92. The third-order valence-corrected chi connectivity index (χ3v) is 6.37. The number of pyridine rings is 1. The first-order valence-corrected chi connectivity index (χ1v) is 12.4. The Hall–Kier alpha value is -4.33.